The van der Waals surface area contributed by atoms with E-state index >= 15 is 0 Å². The molecular formula is C17H14O4. The Kier molecular flexibility index (Phi) is 4.88. The van der Waals surface area contributed by atoms with Gasteiger partial charge in [-0.3, -0.25) is 0 Å². The summed E-state index contributed by atoms with van der Waals surface area (Å²) < 4.78 is 9.75. The van der Waals surface area contributed by atoms with Crippen molar-refractivity contribution in [3.8, 4) is 5.75 Å². The standard InChI is InChI=1S/C17H14O4/c1-20-16(18)12-9-13-7-10-15(11-8-13)21-17(19)14-5-3-2-4-6-14/h2-12H,1H3/b12-9+. The predicted octanol–water partition coefficient (Wildman–Crippen LogP) is 3.09. The number of carbonyl (C=O) groups excluding carboxylic acids is 2. The first-order valence-electron chi connectivity index (χ1n) is 6.32. The molecule has 106 valence electrons. The van der Waals surface area contributed by atoms with Crippen molar-refractivity contribution in [3.63, 3.8) is 0 Å². The van der Waals surface area contributed by atoms with Crippen LogP contribution in [-0.4, -0.2) is 19.0 Å². The summed E-state index contributed by atoms with van der Waals surface area (Å²) in [5, 5.41) is 0. The molecule has 4 nitrogen and oxygen atoms in total. The SMILES string of the molecule is COC(=O)/C=C/c1ccc(OC(=O)c2ccccc2)cc1. The molecule has 0 bridgehead atoms. The van der Waals surface area contributed by atoms with E-state index in [9.17, 15) is 9.59 Å². The third-order valence-corrected chi connectivity index (χ3v) is 2.71. The van der Waals surface area contributed by atoms with E-state index in [2.05, 4.69) is 4.74 Å². The second-order valence-electron chi connectivity index (χ2n) is 4.18. The molecule has 4 heteroatoms. The summed E-state index contributed by atoms with van der Waals surface area (Å²) in [5.41, 5.74) is 1.30. The van der Waals surface area contributed by atoms with E-state index < -0.39 is 11.9 Å². The fourth-order valence-electron chi connectivity index (χ4n) is 1.62. The van der Waals surface area contributed by atoms with Gasteiger partial charge in [0.1, 0.15) is 5.75 Å². The number of esters is 2. The predicted molar refractivity (Wildman–Crippen MR) is 78.9 cm³/mol. The summed E-state index contributed by atoms with van der Waals surface area (Å²) >= 11 is 0. The maximum atomic E-state index is 11.9. The van der Waals surface area contributed by atoms with E-state index in [4.69, 9.17) is 4.74 Å². The summed E-state index contributed by atoms with van der Waals surface area (Å²) in [6, 6.07) is 15.6. The first-order valence-corrected chi connectivity index (χ1v) is 6.32. The molecule has 0 spiro atoms. The molecule has 0 amide bonds. The van der Waals surface area contributed by atoms with Gasteiger partial charge in [0.05, 0.1) is 12.7 Å². The molecule has 0 unspecified atom stereocenters. The van der Waals surface area contributed by atoms with E-state index in [1.54, 1.807) is 54.6 Å². The zero-order chi connectivity index (χ0) is 15.1. The van der Waals surface area contributed by atoms with Crippen LogP contribution in [0.15, 0.2) is 60.7 Å². The maximum Gasteiger partial charge on any atom is 0.343 e. The Morgan fingerprint density at radius 2 is 1.62 bits per heavy atom. The monoisotopic (exact) mass is 282 g/mol. The fourth-order valence-corrected chi connectivity index (χ4v) is 1.62. The van der Waals surface area contributed by atoms with Gasteiger partial charge in [-0.15, -0.1) is 0 Å². The zero-order valence-corrected chi connectivity index (χ0v) is 11.5. The van der Waals surface area contributed by atoms with Crippen LogP contribution in [0.25, 0.3) is 6.08 Å². The normalized spacial score (nSPS) is 10.3. The highest BCUT2D eigenvalue weighted by atomic mass is 16.5. The molecule has 21 heavy (non-hydrogen) atoms. The van der Waals surface area contributed by atoms with Crippen LogP contribution in [0.2, 0.25) is 0 Å². The van der Waals surface area contributed by atoms with Crippen molar-refractivity contribution < 1.29 is 19.1 Å². The van der Waals surface area contributed by atoms with Crippen molar-refractivity contribution in [2.24, 2.45) is 0 Å². The highest BCUT2D eigenvalue weighted by molar-refractivity contribution is 5.91. The van der Waals surface area contributed by atoms with Crippen LogP contribution in [0, 0.1) is 0 Å². The molecule has 0 fully saturated rings. The first kappa shape index (κ1) is 14.5. The Morgan fingerprint density at radius 3 is 2.24 bits per heavy atom. The van der Waals surface area contributed by atoms with Gasteiger partial charge in [-0.1, -0.05) is 30.3 Å². The summed E-state index contributed by atoms with van der Waals surface area (Å²) in [7, 11) is 1.32. The molecule has 0 N–H and O–H groups in total. The van der Waals surface area contributed by atoms with E-state index in [-0.39, 0.29) is 0 Å². The summed E-state index contributed by atoms with van der Waals surface area (Å²) in [6.07, 6.45) is 2.94. The molecule has 2 aromatic rings. The van der Waals surface area contributed by atoms with Crippen molar-refractivity contribution in [2.45, 2.75) is 0 Å². The van der Waals surface area contributed by atoms with Gasteiger partial charge in [0.15, 0.2) is 0 Å². The molecule has 0 heterocycles. The van der Waals surface area contributed by atoms with Crippen molar-refractivity contribution in [1.29, 1.82) is 0 Å². The molecule has 0 aliphatic rings. The van der Waals surface area contributed by atoms with Gasteiger partial charge >= 0.3 is 11.9 Å². The molecule has 0 saturated heterocycles. The van der Waals surface area contributed by atoms with Crippen LogP contribution in [0.1, 0.15) is 15.9 Å². The molecule has 2 aromatic carbocycles. The topological polar surface area (TPSA) is 52.6 Å². The summed E-state index contributed by atoms with van der Waals surface area (Å²) in [5.74, 6) is -0.387. The van der Waals surface area contributed by atoms with Gasteiger partial charge < -0.3 is 9.47 Å². The highest BCUT2D eigenvalue weighted by Gasteiger charge is 2.07. The smallest absolute Gasteiger partial charge is 0.343 e. The number of carbonyl (C=O) groups is 2. The van der Waals surface area contributed by atoms with E-state index in [0.717, 1.165) is 5.56 Å². The number of methoxy groups -OCH3 is 1. The Hall–Kier alpha value is -2.88. The lowest BCUT2D eigenvalue weighted by atomic mass is 10.2. The Bertz CT molecular complexity index is 642. The minimum atomic E-state index is -0.422. The lowest BCUT2D eigenvalue weighted by Crippen LogP contribution is -2.07. The number of rotatable bonds is 4. The van der Waals surface area contributed by atoms with E-state index in [1.807, 2.05) is 6.07 Å². The minimum Gasteiger partial charge on any atom is -0.466 e. The number of ether oxygens (including phenoxy) is 2. The van der Waals surface area contributed by atoms with Gasteiger partial charge in [-0.05, 0) is 35.9 Å². The zero-order valence-electron chi connectivity index (χ0n) is 11.5. The molecule has 0 atom stereocenters. The maximum absolute atomic E-state index is 11.9. The van der Waals surface area contributed by atoms with Crippen LogP contribution < -0.4 is 4.74 Å². The van der Waals surface area contributed by atoms with Crippen LogP contribution in [0.3, 0.4) is 0 Å². The third-order valence-electron chi connectivity index (χ3n) is 2.71. The lowest BCUT2D eigenvalue weighted by molar-refractivity contribution is -0.134. The van der Waals surface area contributed by atoms with Crippen LogP contribution in [0.5, 0.6) is 5.75 Å². The largest absolute Gasteiger partial charge is 0.466 e. The van der Waals surface area contributed by atoms with Crippen LogP contribution >= 0.6 is 0 Å². The molecule has 0 saturated carbocycles. The molecule has 2 rings (SSSR count). The quantitative estimate of drug-likeness (QED) is 0.491. The molecular weight excluding hydrogens is 268 g/mol. The molecule has 0 aliphatic heterocycles. The summed E-state index contributed by atoms with van der Waals surface area (Å²) in [4.78, 5) is 22.8. The van der Waals surface area contributed by atoms with E-state index in [1.165, 1.54) is 13.2 Å². The Labute approximate surface area is 122 Å². The van der Waals surface area contributed by atoms with Crippen molar-refractivity contribution in [3.05, 3.63) is 71.8 Å². The Morgan fingerprint density at radius 1 is 0.952 bits per heavy atom. The number of hydrogen-bond donors (Lipinski definition) is 0. The number of hydrogen-bond acceptors (Lipinski definition) is 4. The van der Waals surface area contributed by atoms with Crippen LogP contribution in [0.4, 0.5) is 0 Å². The molecule has 0 aliphatic carbocycles. The molecule has 0 aromatic heterocycles. The van der Waals surface area contributed by atoms with Gasteiger partial charge in [0.25, 0.3) is 0 Å². The van der Waals surface area contributed by atoms with Gasteiger partial charge in [-0.25, -0.2) is 9.59 Å². The second-order valence-corrected chi connectivity index (χ2v) is 4.18. The van der Waals surface area contributed by atoms with Crippen LogP contribution in [-0.2, 0) is 9.53 Å². The van der Waals surface area contributed by atoms with Crippen molar-refractivity contribution in [2.75, 3.05) is 7.11 Å². The second kappa shape index (κ2) is 7.05. The third kappa shape index (κ3) is 4.31. The average molecular weight is 282 g/mol. The van der Waals surface area contributed by atoms with Gasteiger partial charge in [0.2, 0.25) is 0 Å². The molecule has 0 radical (unpaired) electrons. The van der Waals surface area contributed by atoms with Gasteiger partial charge in [-0.2, -0.15) is 0 Å². The first-order chi connectivity index (χ1) is 10.2. The van der Waals surface area contributed by atoms with Crippen molar-refractivity contribution in [1.82, 2.24) is 0 Å². The van der Waals surface area contributed by atoms with Crippen molar-refractivity contribution >= 4 is 18.0 Å². The number of benzene rings is 2. The van der Waals surface area contributed by atoms with E-state index in [0.29, 0.717) is 11.3 Å². The lowest BCUT2D eigenvalue weighted by Gasteiger charge is -2.04. The average Bonchev–Trinajstić information content (AvgIpc) is 2.54. The Balaban J connectivity index is 2.01. The highest BCUT2D eigenvalue weighted by Crippen LogP contribution is 2.15. The summed E-state index contributed by atoms with van der Waals surface area (Å²) in [6.45, 7) is 0. The minimum absolute atomic E-state index is 0.409. The van der Waals surface area contributed by atoms with Gasteiger partial charge in [0, 0.05) is 6.08 Å². The fraction of sp³-hybridized carbons (Fsp3) is 0.0588.